The summed E-state index contributed by atoms with van der Waals surface area (Å²) in [5.41, 5.74) is 1.70. The second-order valence-electron chi connectivity index (χ2n) is 2.92. The van der Waals surface area contributed by atoms with Crippen LogP contribution in [0.3, 0.4) is 0 Å². The minimum Gasteiger partial charge on any atom is -0.333 e. The van der Waals surface area contributed by atoms with Crippen LogP contribution in [0.15, 0.2) is 16.2 Å². The molecule has 84 valence electrons. The van der Waals surface area contributed by atoms with Gasteiger partial charge in [-0.25, -0.2) is 4.79 Å². The van der Waals surface area contributed by atoms with Crippen molar-refractivity contribution >= 4 is 23.4 Å². The van der Waals surface area contributed by atoms with Crippen LogP contribution in [-0.4, -0.2) is 21.2 Å². The summed E-state index contributed by atoms with van der Waals surface area (Å²) in [7, 11) is 0. The van der Waals surface area contributed by atoms with Crippen molar-refractivity contribution < 1.29 is 9.32 Å². The molecular formula is C8H9N5O2S. The normalized spacial score (nSPS) is 10.1. The van der Waals surface area contributed by atoms with Crippen LogP contribution in [-0.2, 0) is 6.54 Å². The first-order valence-electron chi connectivity index (χ1n) is 4.46. The van der Waals surface area contributed by atoms with Crippen LogP contribution in [0.5, 0.6) is 0 Å². The SMILES string of the molecule is Cc1noc(NC(=O)NCc2cncs2)n1. The maximum atomic E-state index is 11.4. The number of carbonyl (C=O) groups excluding carboxylic acids is 1. The summed E-state index contributed by atoms with van der Waals surface area (Å²) in [6.07, 6.45) is 1.70. The van der Waals surface area contributed by atoms with Crippen molar-refractivity contribution in [1.82, 2.24) is 20.4 Å². The summed E-state index contributed by atoms with van der Waals surface area (Å²) < 4.78 is 4.73. The van der Waals surface area contributed by atoms with E-state index < -0.39 is 6.03 Å². The monoisotopic (exact) mass is 239 g/mol. The average Bonchev–Trinajstić information content (AvgIpc) is 2.87. The van der Waals surface area contributed by atoms with Crippen LogP contribution in [0.1, 0.15) is 10.7 Å². The quantitative estimate of drug-likeness (QED) is 0.838. The molecule has 0 aromatic carbocycles. The van der Waals surface area contributed by atoms with Crippen molar-refractivity contribution in [2.24, 2.45) is 0 Å². The fourth-order valence-corrected chi connectivity index (χ4v) is 1.52. The van der Waals surface area contributed by atoms with E-state index in [0.29, 0.717) is 12.4 Å². The zero-order chi connectivity index (χ0) is 11.4. The first-order valence-corrected chi connectivity index (χ1v) is 5.34. The van der Waals surface area contributed by atoms with E-state index in [1.807, 2.05) is 0 Å². The number of thiazole rings is 1. The Bertz CT molecular complexity index is 466. The number of nitrogens with one attached hydrogen (secondary N) is 2. The van der Waals surface area contributed by atoms with Crippen LogP contribution < -0.4 is 10.6 Å². The van der Waals surface area contributed by atoms with E-state index >= 15 is 0 Å². The largest absolute Gasteiger partial charge is 0.333 e. The first kappa shape index (κ1) is 10.6. The highest BCUT2D eigenvalue weighted by atomic mass is 32.1. The van der Waals surface area contributed by atoms with Crippen LogP contribution >= 0.6 is 11.3 Å². The number of hydrogen-bond acceptors (Lipinski definition) is 6. The minimum absolute atomic E-state index is 0.0827. The van der Waals surface area contributed by atoms with E-state index in [4.69, 9.17) is 4.52 Å². The lowest BCUT2D eigenvalue weighted by Gasteiger charge is -2.01. The van der Waals surface area contributed by atoms with Crippen molar-refractivity contribution in [3.8, 4) is 0 Å². The fraction of sp³-hybridized carbons (Fsp3) is 0.250. The summed E-state index contributed by atoms with van der Waals surface area (Å²) in [5.74, 6) is 0.470. The smallest absolute Gasteiger partial charge is 0.329 e. The highest BCUT2D eigenvalue weighted by molar-refractivity contribution is 7.09. The molecule has 0 aliphatic rings. The van der Waals surface area contributed by atoms with Crippen molar-refractivity contribution in [3.63, 3.8) is 0 Å². The molecule has 16 heavy (non-hydrogen) atoms. The molecule has 0 unspecified atom stereocenters. The number of amides is 2. The van der Waals surface area contributed by atoms with Gasteiger partial charge >= 0.3 is 12.0 Å². The van der Waals surface area contributed by atoms with Crippen molar-refractivity contribution in [3.05, 3.63) is 22.4 Å². The number of urea groups is 1. The molecule has 7 nitrogen and oxygen atoms in total. The van der Waals surface area contributed by atoms with Crippen LogP contribution in [0.2, 0.25) is 0 Å². The lowest BCUT2D eigenvalue weighted by Crippen LogP contribution is -2.27. The van der Waals surface area contributed by atoms with Gasteiger partial charge in [-0.05, 0) is 6.92 Å². The summed E-state index contributed by atoms with van der Waals surface area (Å²) in [6.45, 7) is 2.09. The summed E-state index contributed by atoms with van der Waals surface area (Å²) in [6, 6.07) is -0.309. The zero-order valence-electron chi connectivity index (χ0n) is 8.43. The Morgan fingerprint density at radius 2 is 2.50 bits per heavy atom. The highest BCUT2D eigenvalue weighted by Crippen LogP contribution is 2.05. The molecule has 0 saturated heterocycles. The van der Waals surface area contributed by atoms with Crippen LogP contribution in [0.4, 0.5) is 10.8 Å². The fourth-order valence-electron chi connectivity index (χ4n) is 0.986. The number of anilines is 1. The third kappa shape index (κ3) is 2.76. The molecule has 2 amide bonds. The predicted molar refractivity (Wildman–Crippen MR) is 57.0 cm³/mol. The van der Waals surface area contributed by atoms with Crippen molar-refractivity contribution in [2.45, 2.75) is 13.5 Å². The minimum atomic E-state index is -0.392. The van der Waals surface area contributed by atoms with Gasteiger partial charge in [-0.2, -0.15) is 4.98 Å². The Kier molecular flexibility index (Phi) is 3.10. The van der Waals surface area contributed by atoms with Gasteiger partial charge in [0.05, 0.1) is 12.1 Å². The Morgan fingerprint density at radius 1 is 1.62 bits per heavy atom. The van der Waals surface area contributed by atoms with Gasteiger partial charge in [-0.3, -0.25) is 10.3 Å². The molecule has 0 aliphatic heterocycles. The Balaban J connectivity index is 1.81. The Hall–Kier alpha value is -1.96. The molecule has 0 radical (unpaired) electrons. The highest BCUT2D eigenvalue weighted by Gasteiger charge is 2.07. The Morgan fingerprint density at radius 3 is 3.12 bits per heavy atom. The summed E-state index contributed by atoms with van der Waals surface area (Å²) >= 11 is 1.47. The molecule has 0 aliphatic carbocycles. The lowest BCUT2D eigenvalue weighted by atomic mass is 10.5. The number of nitrogens with zero attached hydrogens (tertiary/aromatic N) is 3. The maximum Gasteiger partial charge on any atom is 0.329 e. The van der Waals surface area contributed by atoms with Crippen LogP contribution in [0.25, 0.3) is 0 Å². The second kappa shape index (κ2) is 4.71. The number of aryl methyl sites for hydroxylation is 1. The average molecular weight is 239 g/mol. The third-order valence-electron chi connectivity index (χ3n) is 1.65. The van der Waals surface area contributed by atoms with Gasteiger partial charge in [-0.15, -0.1) is 11.3 Å². The molecule has 2 rings (SSSR count). The molecule has 0 saturated carbocycles. The van der Waals surface area contributed by atoms with Gasteiger partial charge in [0.1, 0.15) is 0 Å². The van der Waals surface area contributed by atoms with E-state index in [2.05, 4.69) is 25.8 Å². The van der Waals surface area contributed by atoms with E-state index in [-0.39, 0.29) is 6.01 Å². The van der Waals surface area contributed by atoms with Crippen molar-refractivity contribution in [1.29, 1.82) is 0 Å². The lowest BCUT2D eigenvalue weighted by molar-refractivity contribution is 0.250. The third-order valence-corrected chi connectivity index (χ3v) is 2.43. The maximum absolute atomic E-state index is 11.4. The van der Waals surface area contributed by atoms with Gasteiger partial charge in [0, 0.05) is 11.1 Å². The molecule has 0 spiro atoms. The number of hydrogen-bond donors (Lipinski definition) is 2. The van der Waals surface area contributed by atoms with Crippen molar-refractivity contribution in [2.75, 3.05) is 5.32 Å². The van der Waals surface area contributed by atoms with Gasteiger partial charge in [0.2, 0.25) is 0 Å². The molecule has 0 bridgehead atoms. The second-order valence-corrected chi connectivity index (χ2v) is 3.89. The molecule has 2 heterocycles. The number of carbonyl (C=O) groups is 1. The molecular weight excluding hydrogens is 230 g/mol. The number of rotatable bonds is 3. The van der Waals surface area contributed by atoms with E-state index in [9.17, 15) is 4.79 Å². The molecule has 0 atom stereocenters. The number of aromatic nitrogens is 3. The molecule has 2 aromatic rings. The molecule has 2 N–H and O–H groups in total. The standard InChI is InChI=1S/C8H9N5O2S/c1-5-11-8(15-13-5)12-7(14)10-3-6-2-9-4-16-6/h2,4H,3H2,1H3,(H2,10,11,12,13,14). The van der Waals surface area contributed by atoms with Gasteiger partial charge < -0.3 is 9.84 Å². The summed E-state index contributed by atoms with van der Waals surface area (Å²) in [5, 5.41) is 8.60. The van der Waals surface area contributed by atoms with Gasteiger partial charge in [0.15, 0.2) is 5.82 Å². The van der Waals surface area contributed by atoms with Gasteiger partial charge in [-0.1, -0.05) is 5.16 Å². The predicted octanol–water partition coefficient (Wildman–Crippen LogP) is 1.16. The molecule has 8 heteroatoms. The first-order chi connectivity index (χ1) is 7.74. The Labute approximate surface area is 94.9 Å². The van der Waals surface area contributed by atoms with Crippen LogP contribution in [0, 0.1) is 6.92 Å². The van der Waals surface area contributed by atoms with Gasteiger partial charge in [0.25, 0.3) is 0 Å². The van der Waals surface area contributed by atoms with E-state index in [0.717, 1.165) is 4.88 Å². The summed E-state index contributed by atoms with van der Waals surface area (Å²) in [4.78, 5) is 20.1. The zero-order valence-corrected chi connectivity index (χ0v) is 9.24. The van der Waals surface area contributed by atoms with E-state index in [1.54, 1.807) is 18.6 Å². The molecule has 0 fully saturated rings. The van der Waals surface area contributed by atoms with E-state index in [1.165, 1.54) is 11.3 Å². The molecule has 2 aromatic heterocycles. The topological polar surface area (TPSA) is 92.9 Å².